The van der Waals surface area contributed by atoms with Crippen molar-refractivity contribution in [1.29, 1.82) is 0 Å². The van der Waals surface area contributed by atoms with E-state index in [4.69, 9.17) is 0 Å². The number of hydrogen-bond acceptors (Lipinski definition) is 1. The van der Waals surface area contributed by atoms with Crippen molar-refractivity contribution < 1.29 is 4.39 Å². The summed E-state index contributed by atoms with van der Waals surface area (Å²) in [7, 11) is 1.96. The maximum atomic E-state index is 13.1. The van der Waals surface area contributed by atoms with E-state index in [0.717, 1.165) is 18.5 Å². The lowest BCUT2D eigenvalue weighted by Crippen LogP contribution is -2.31. The fourth-order valence-corrected chi connectivity index (χ4v) is 1.88. The Labute approximate surface area is 98.1 Å². The molecule has 0 saturated heterocycles. The predicted molar refractivity (Wildman–Crippen MR) is 67.0 cm³/mol. The Balaban J connectivity index is 2.76. The van der Waals surface area contributed by atoms with Gasteiger partial charge in [0, 0.05) is 0 Å². The van der Waals surface area contributed by atoms with Gasteiger partial charge in [-0.15, -0.1) is 0 Å². The molecular formula is C14H22FN. The molecule has 0 spiro atoms. The van der Waals surface area contributed by atoms with E-state index in [1.165, 1.54) is 6.07 Å². The summed E-state index contributed by atoms with van der Waals surface area (Å²) < 4.78 is 13.1. The SMILES string of the molecule is CNCC(Cc1cccc(F)c1)C(C)(C)C. The minimum Gasteiger partial charge on any atom is -0.319 e. The van der Waals surface area contributed by atoms with E-state index in [0.29, 0.717) is 5.92 Å². The third-order valence-corrected chi connectivity index (χ3v) is 3.05. The van der Waals surface area contributed by atoms with E-state index in [1.54, 1.807) is 12.1 Å². The van der Waals surface area contributed by atoms with E-state index >= 15 is 0 Å². The fourth-order valence-electron chi connectivity index (χ4n) is 1.88. The van der Waals surface area contributed by atoms with Crippen molar-refractivity contribution in [2.45, 2.75) is 27.2 Å². The molecule has 1 aromatic carbocycles. The van der Waals surface area contributed by atoms with Crippen LogP contribution in [0.2, 0.25) is 0 Å². The average Bonchev–Trinajstić information content (AvgIpc) is 2.16. The predicted octanol–water partition coefficient (Wildman–Crippen LogP) is 3.25. The Morgan fingerprint density at radius 1 is 1.31 bits per heavy atom. The summed E-state index contributed by atoms with van der Waals surface area (Å²) in [6, 6.07) is 6.91. The number of benzene rings is 1. The second kappa shape index (κ2) is 5.44. The van der Waals surface area contributed by atoms with Crippen LogP contribution in [0.4, 0.5) is 4.39 Å². The molecule has 90 valence electrons. The largest absolute Gasteiger partial charge is 0.319 e. The van der Waals surface area contributed by atoms with Crippen LogP contribution >= 0.6 is 0 Å². The minimum absolute atomic E-state index is 0.144. The molecule has 1 nitrogen and oxygen atoms in total. The van der Waals surface area contributed by atoms with Crippen molar-refractivity contribution in [3.63, 3.8) is 0 Å². The molecule has 0 amide bonds. The lowest BCUT2D eigenvalue weighted by Gasteiger charge is -2.30. The smallest absolute Gasteiger partial charge is 0.123 e. The van der Waals surface area contributed by atoms with Gasteiger partial charge in [-0.3, -0.25) is 0 Å². The zero-order valence-corrected chi connectivity index (χ0v) is 10.7. The fraction of sp³-hybridized carbons (Fsp3) is 0.571. The maximum Gasteiger partial charge on any atom is 0.123 e. The first kappa shape index (κ1) is 13.2. The molecule has 0 aliphatic carbocycles. The monoisotopic (exact) mass is 223 g/mol. The Morgan fingerprint density at radius 2 is 2.00 bits per heavy atom. The maximum absolute atomic E-state index is 13.1. The Hall–Kier alpha value is -0.890. The van der Waals surface area contributed by atoms with Crippen LogP contribution in [0.5, 0.6) is 0 Å². The van der Waals surface area contributed by atoms with Gasteiger partial charge in [0.25, 0.3) is 0 Å². The molecule has 1 rings (SSSR count). The van der Waals surface area contributed by atoms with Crippen LogP contribution in [0.15, 0.2) is 24.3 Å². The van der Waals surface area contributed by atoms with Gasteiger partial charge < -0.3 is 5.32 Å². The van der Waals surface area contributed by atoms with Crippen molar-refractivity contribution in [3.8, 4) is 0 Å². The van der Waals surface area contributed by atoms with Gasteiger partial charge in [0.15, 0.2) is 0 Å². The lowest BCUT2D eigenvalue weighted by atomic mass is 9.77. The van der Waals surface area contributed by atoms with Gasteiger partial charge in [-0.25, -0.2) is 4.39 Å². The quantitative estimate of drug-likeness (QED) is 0.826. The van der Waals surface area contributed by atoms with Gasteiger partial charge in [0.2, 0.25) is 0 Å². The van der Waals surface area contributed by atoms with Crippen molar-refractivity contribution in [3.05, 3.63) is 35.6 Å². The topological polar surface area (TPSA) is 12.0 Å². The summed E-state index contributed by atoms with van der Waals surface area (Å²) in [5.41, 5.74) is 1.31. The van der Waals surface area contributed by atoms with Gasteiger partial charge in [-0.1, -0.05) is 32.9 Å². The third kappa shape index (κ3) is 3.93. The van der Waals surface area contributed by atoms with E-state index in [9.17, 15) is 4.39 Å². The van der Waals surface area contributed by atoms with Crippen molar-refractivity contribution in [1.82, 2.24) is 5.32 Å². The molecule has 0 saturated carbocycles. The molecule has 1 unspecified atom stereocenters. The lowest BCUT2D eigenvalue weighted by molar-refractivity contribution is 0.234. The number of halogens is 1. The minimum atomic E-state index is -0.144. The summed E-state index contributed by atoms with van der Waals surface area (Å²) in [5.74, 6) is 0.369. The molecule has 0 fully saturated rings. The zero-order valence-electron chi connectivity index (χ0n) is 10.7. The molecule has 1 N–H and O–H groups in total. The first-order valence-corrected chi connectivity index (χ1v) is 5.82. The van der Waals surface area contributed by atoms with E-state index in [1.807, 2.05) is 13.1 Å². The van der Waals surface area contributed by atoms with Crippen LogP contribution in [0.25, 0.3) is 0 Å². The molecule has 0 radical (unpaired) electrons. The molecule has 16 heavy (non-hydrogen) atoms. The highest BCUT2D eigenvalue weighted by Crippen LogP contribution is 2.28. The van der Waals surface area contributed by atoms with E-state index < -0.39 is 0 Å². The van der Waals surface area contributed by atoms with Crippen LogP contribution in [0, 0.1) is 17.2 Å². The number of nitrogens with one attached hydrogen (secondary N) is 1. The highest BCUT2D eigenvalue weighted by atomic mass is 19.1. The van der Waals surface area contributed by atoms with Crippen LogP contribution in [0.3, 0.4) is 0 Å². The molecule has 0 heterocycles. The summed E-state index contributed by atoms with van der Waals surface area (Å²) in [6.07, 6.45) is 0.919. The van der Waals surface area contributed by atoms with Crippen LogP contribution in [-0.4, -0.2) is 13.6 Å². The van der Waals surface area contributed by atoms with Gasteiger partial charge >= 0.3 is 0 Å². The molecular weight excluding hydrogens is 201 g/mol. The first-order valence-electron chi connectivity index (χ1n) is 5.82. The normalized spacial score (nSPS) is 13.8. The second-order valence-electron chi connectivity index (χ2n) is 5.45. The highest BCUT2D eigenvalue weighted by molar-refractivity contribution is 5.17. The van der Waals surface area contributed by atoms with Crippen LogP contribution in [-0.2, 0) is 6.42 Å². The molecule has 0 aliphatic rings. The Kier molecular flexibility index (Phi) is 4.48. The third-order valence-electron chi connectivity index (χ3n) is 3.05. The average molecular weight is 223 g/mol. The number of rotatable bonds is 4. The van der Waals surface area contributed by atoms with E-state index in [-0.39, 0.29) is 11.2 Å². The van der Waals surface area contributed by atoms with Crippen LogP contribution < -0.4 is 5.32 Å². The second-order valence-corrected chi connectivity index (χ2v) is 5.45. The molecule has 0 aliphatic heterocycles. The summed E-state index contributed by atoms with van der Waals surface area (Å²) in [6.45, 7) is 7.65. The van der Waals surface area contributed by atoms with Crippen molar-refractivity contribution >= 4 is 0 Å². The summed E-state index contributed by atoms with van der Waals surface area (Å²) in [5, 5.41) is 3.22. The molecule has 1 aromatic rings. The summed E-state index contributed by atoms with van der Waals surface area (Å²) in [4.78, 5) is 0. The van der Waals surface area contributed by atoms with Gasteiger partial charge in [-0.05, 0) is 49.0 Å². The zero-order chi connectivity index (χ0) is 12.2. The Morgan fingerprint density at radius 3 is 2.50 bits per heavy atom. The first-order chi connectivity index (χ1) is 7.43. The van der Waals surface area contributed by atoms with Gasteiger partial charge in [0.1, 0.15) is 5.82 Å². The van der Waals surface area contributed by atoms with Crippen LogP contribution in [0.1, 0.15) is 26.3 Å². The van der Waals surface area contributed by atoms with Gasteiger partial charge in [0.05, 0.1) is 0 Å². The Bertz CT molecular complexity index is 328. The molecule has 0 aromatic heterocycles. The van der Waals surface area contributed by atoms with Crippen molar-refractivity contribution in [2.24, 2.45) is 11.3 Å². The highest BCUT2D eigenvalue weighted by Gasteiger charge is 2.24. The molecule has 1 atom stereocenters. The van der Waals surface area contributed by atoms with Crippen molar-refractivity contribution in [2.75, 3.05) is 13.6 Å². The molecule has 0 bridgehead atoms. The standard InChI is InChI=1S/C14H22FN/c1-14(2,3)12(10-16-4)8-11-6-5-7-13(15)9-11/h5-7,9,12,16H,8,10H2,1-4H3. The van der Waals surface area contributed by atoms with Gasteiger partial charge in [-0.2, -0.15) is 0 Å². The summed E-state index contributed by atoms with van der Waals surface area (Å²) >= 11 is 0. The van der Waals surface area contributed by atoms with E-state index in [2.05, 4.69) is 26.1 Å². The number of hydrogen-bond donors (Lipinski definition) is 1. The molecule has 2 heteroatoms.